The van der Waals surface area contributed by atoms with Gasteiger partial charge in [0.05, 0.1) is 31.2 Å². The smallest absolute Gasteiger partial charge is 0.261 e. The Morgan fingerprint density at radius 2 is 1.60 bits per heavy atom. The van der Waals surface area contributed by atoms with Crippen LogP contribution < -0.4 is 10.4 Å². The molecule has 2 saturated heterocycles. The molecule has 1 aromatic heterocycles. The van der Waals surface area contributed by atoms with Crippen LogP contribution in [0.2, 0.25) is 5.04 Å². The molecule has 2 aromatic carbocycles. The molecule has 4 atom stereocenters. The second-order valence-corrected chi connectivity index (χ2v) is 19.5. The molecule has 0 spiro atoms. The van der Waals surface area contributed by atoms with Crippen molar-refractivity contribution < 1.29 is 28.3 Å². The summed E-state index contributed by atoms with van der Waals surface area (Å²) in [6.07, 6.45) is 6.71. The van der Waals surface area contributed by atoms with Crippen LogP contribution in [0, 0.1) is 17.8 Å². The van der Waals surface area contributed by atoms with Crippen molar-refractivity contribution in [3.63, 3.8) is 0 Å². The van der Waals surface area contributed by atoms with Crippen molar-refractivity contribution in [3.8, 4) is 0 Å². The van der Waals surface area contributed by atoms with E-state index in [1.807, 2.05) is 19.1 Å². The number of furan rings is 1. The van der Waals surface area contributed by atoms with Gasteiger partial charge in [0.2, 0.25) is 11.8 Å². The van der Waals surface area contributed by atoms with Gasteiger partial charge in [0.25, 0.3) is 8.32 Å². The lowest BCUT2D eigenvalue weighted by atomic mass is 9.69. The van der Waals surface area contributed by atoms with Crippen LogP contribution in [0.1, 0.15) is 84.7 Å². The second kappa shape index (κ2) is 15.4. The molecule has 0 saturated carbocycles. The van der Waals surface area contributed by atoms with Crippen LogP contribution in [0.4, 0.5) is 0 Å². The zero-order valence-electron chi connectivity index (χ0n) is 30.3. The fraction of sp³-hybridized carbons (Fsp3) is 0.476. The van der Waals surface area contributed by atoms with Crippen LogP contribution in [-0.2, 0) is 25.4 Å². The minimum absolute atomic E-state index is 0.0374. The third-order valence-electron chi connectivity index (χ3n) is 10.9. The summed E-state index contributed by atoms with van der Waals surface area (Å²) < 4.78 is 19.9. The average Bonchev–Trinajstić information content (AvgIpc) is 3.81. The van der Waals surface area contributed by atoms with Gasteiger partial charge in [0, 0.05) is 12.5 Å². The van der Waals surface area contributed by atoms with E-state index in [1.165, 1.54) is 26.4 Å². The largest absolute Gasteiger partial charge is 0.459 e. The van der Waals surface area contributed by atoms with Crippen molar-refractivity contribution in [2.24, 2.45) is 17.8 Å². The average molecular weight is 696 g/mol. The summed E-state index contributed by atoms with van der Waals surface area (Å²) in [6, 6.07) is 25.0. The number of likely N-dealkylation sites (tertiary alicyclic amines) is 1. The highest BCUT2D eigenvalue weighted by atomic mass is 28.4. The normalized spacial score (nSPS) is 22.8. The molecule has 1 aliphatic carbocycles. The number of aliphatic hydroxyl groups excluding tert-OH is 1. The van der Waals surface area contributed by atoms with E-state index in [2.05, 4.69) is 94.4 Å². The van der Waals surface area contributed by atoms with Crippen LogP contribution in [0.15, 0.2) is 93.9 Å². The molecule has 3 heterocycles. The van der Waals surface area contributed by atoms with Gasteiger partial charge in [0.1, 0.15) is 18.1 Å². The van der Waals surface area contributed by atoms with Crippen molar-refractivity contribution in [1.29, 1.82) is 0 Å². The molecule has 0 bridgehead atoms. The molecule has 3 aromatic rings. The Morgan fingerprint density at radius 3 is 2.18 bits per heavy atom. The minimum atomic E-state index is -2.86. The van der Waals surface area contributed by atoms with E-state index in [-0.39, 0.29) is 47.3 Å². The first-order chi connectivity index (χ1) is 24.1. The lowest BCUT2D eigenvalue weighted by Gasteiger charge is -2.44. The van der Waals surface area contributed by atoms with Crippen LogP contribution in [-0.4, -0.2) is 56.0 Å². The van der Waals surface area contributed by atoms with E-state index in [9.17, 15) is 14.7 Å². The number of allylic oxidation sites excluding steroid dienone is 1. The number of nitrogens with zero attached hydrogens (tertiary/aromatic N) is 1. The molecule has 50 heavy (non-hydrogen) atoms. The summed E-state index contributed by atoms with van der Waals surface area (Å²) in [4.78, 5) is 29.2. The van der Waals surface area contributed by atoms with E-state index in [0.29, 0.717) is 31.9 Å². The summed E-state index contributed by atoms with van der Waals surface area (Å²) in [7, 11) is -2.86. The molecular weight excluding hydrogens is 643 g/mol. The van der Waals surface area contributed by atoms with Crippen LogP contribution in [0.5, 0.6) is 0 Å². The highest BCUT2D eigenvalue weighted by Crippen LogP contribution is 2.50. The van der Waals surface area contributed by atoms with E-state index < -0.39 is 8.32 Å². The zero-order chi connectivity index (χ0) is 35.5. The molecule has 7 nitrogen and oxygen atoms in total. The van der Waals surface area contributed by atoms with Gasteiger partial charge in [-0.15, -0.1) is 0 Å². The van der Waals surface area contributed by atoms with Gasteiger partial charge in [-0.2, -0.15) is 0 Å². The predicted molar refractivity (Wildman–Crippen MR) is 199 cm³/mol. The van der Waals surface area contributed by atoms with Gasteiger partial charge in [-0.05, 0) is 76.9 Å². The Bertz CT molecular complexity index is 1660. The summed E-state index contributed by atoms with van der Waals surface area (Å²) in [5.74, 6) is 0.327. The van der Waals surface area contributed by atoms with Crippen molar-refractivity contribution in [1.82, 2.24) is 4.90 Å². The van der Waals surface area contributed by atoms with Gasteiger partial charge in [0.15, 0.2) is 0 Å². The monoisotopic (exact) mass is 695 g/mol. The van der Waals surface area contributed by atoms with Crippen molar-refractivity contribution in [2.75, 3.05) is 19.8 Å². The number of ether oxygens (including phenoxy) is 1. The zero-order valence-corrected chi connectivity index (χ0v) is 31.3. The summed E-state index contributed by atoms with van der Waals surface area (Å²) in [5, 5.41) is 11.7. The van der Waals surface area contributed by atoms with Crippen molar-refractivity contribution in [3.05, 3.63) is 101 Å². The first kappa shape index (κ1) is 36.2. The molecule has 3 aliphatic rings. The summed E-state index contributed by atoms with van der Waals surface area (Å²) in [6.45, 7) is 12.2. The maximum atomic E-state index is 13.9. The number of amides is 2. The Morgan fingerprint density at radius 1 is 0.920 bits per heavy atom. The first-order valence-electron chi connectivity index (χ1n) is 18.5. The number of benzene rings is 2. The van der Waals surface area contributed by atoms with Gasteiger partial charge < -0.3 is 18.7 Å². The van der Waals surface area contributed by atoms with Gasteiger partial charge in [-0.3, -0.25) is 14.5 Å². The fourth-order valence-corrected chi connectivity index (χ4v) is 13.3. The Balaban J connectivity index is 1.38. The third-order valence-corrected chi connectivity index (χ3v) is 15.9. The van der Waals surface area contributed by atoms with Gasteiger partial charge in [-0.1, -0.05) is 107 Å². The number of imide groups is 1. The molecule has 2 amide bonds. The molecular formula is C42H53NO6Si. The fourth-order valence-electron chi connectivity index (χ4n) is 8.74. The Hall–Kier alpha value is -3.56. The van der Waals surface area contributed by atoms with Gasteiger partial charge >= 0.3 is 0 Å². The number of aliphatic hydroxyl groups is 1. The first-order valence-corrected chi connectivity index (χ1v) is 20.4. The van der Waals surface area contributed by atoms with E-state index in [0.717, 1.165) is 43.4 Å². The summed E-state index contributed by atoms with van der Waals surface area (Å²) in [5.41, 5.74) is 3.57. The quantitative estimate of drug-likeness (QED) is 0.111. The number of rotatable bonds is 14. The number of hydrogen-bond donors (Lipinski definition) is 1. The van der Waals surface area contributed by atoms with Crippen LogP contribution in [0.3, 0.4) is 0 Å². The number of hydrogen-bond acceptors (Lipinski definition) is 6. The van der Waals surface area contributed by atoms with Crippen molar-refractivity contribution >= 4 is 36.6 Å². The Labute approximate surface area is 298 Å². The topological polar surface area (TPSA) is 89.2 Å². The van der Waals surface area contributed by atoms with Crippen molar-refractivity contribution in [2.45, 2.75) is 90.9 Å². The number of carbonyl (C=O) groups is 2. The molecule has 6 rings (SSSR count). The van der Waals surface area contributed by atoms with E-state index in [4.69, 9.17) is 13.6 Å². The molecule has 2 fully saturated rings. The van der Waals surface area contributed by atoms with E-state index >= 15 is 0 Å². The lowest BCUT2D eigenvalue weighted by Crippen LogP contribution is -2.66. The standard InChI is InChI=1S/C42H53NO6Si/c1-6-14-29(24-31-20-21-32(26-44)49-31)19-22-37-38-30(25-35-39(36(38)28-47-37)41(46)43(23-7-2)40(35)45)27-48-50(42(3,4)5,33-15-10-8-11-16-33)34-17-12-9-13-18-34/h8-13,15-18,20-21,24,35-37,39,44H,6-7,14,19,22-23,25-28H2,1-5H3/b29-24+/t35-,36+,37-,39-/m1/s1. The molecule has 8 heteroatoms. The lowest BCUT2D eigenvalue weighted by molar-refractivity contribution is -0.140. The second-order valence-electron chi connectivity index (χ2n) is 15.2. The highest BCUT2D eigenvalue weighted by molar-refractivity contribution is 6.99. The molecule has 1 N–H and O–H groups in total. The maximum Gasteiger partial charge on any atom is 0.261 e. The minimum Gasteiger partial charge on any atom is -0.459 e. The van der Waals surface area contributed by atoms with E-state index in [1.54, 1.807) is 0 Å². The molecule has 266 valence electrons. The third kappa shape index (κ3) is 6.87. The molecule has 0 unspecified atom stereocenters. The predicted octanol–water partition coefficient (Wildman–Crippen LogP) is 7.04. The Kier molecular flexibility index (Phi) is 11.1. The SMILES string of the molecule is CCC/C(=C\c1ccc(CO)o1)CC[C@H]1OC[C@H]2C1=C(CO[Si](c1ccccc1)(c1ccccc1)C(C)(C)C)C[C@H]1C(=O)N(CCC)C(=O)[C@H]12. The maximum absolute atomic E-state index is 13.9. The van der Waals surface area contributed by atoms with Crippen LogP contribution >= 0.6 is 0 Å². The summed E-state index contributed by atoms with van der Waals surface area (Å²) >= 11 is 0. The van der Waals surface area contributed by atoms with Gasteiger partial charge in [-0.25, -0.2) is 0 Å². The highest BCUT2D eigenvalue weighted by Gasteiger charge is 2.57. The number of fused-ring (bicyclic) bond motifs is 3. The molecule has 2 aliphatic heterocycles. The number of carbonyl (C=O) groups excluding carboxylic acids is 2. The van der Waals surface area contributed by atoms with Crippen LogP contribution in [0.25, 0.3) is 6.08 Å². The molecule has 0 radical (unpaired) electrons.